The molecular weight excluding hydrogens is 258 g/mol. The first kappa shape index (κ1) is 12.8. The minimum Gasteiger partial charge on any atom is -0.309 e. The average molecular weight is 277 g/mol. The van der Waals surface area contributed by atoms with Gasteiger partial charge in [-0.2, -0.15) is 0 Å². The molecule has 102 valence electrons. The van der Waals surface area contributed by atoms with Crippen molar-refractivity contribution in [3.05, 3.63) is 26.6 Å². The van der Waals surface area contributed by atoms with Crippen molar-refractivity contribution >= 4 is 21.6 Å². The molecule has 2 N–H and O–H groups in total. The van der Waals surface area contributed by atoms with Crippen LogP contribution in [0.4, 0.5) is 0 Å². The van der Waals surface area contributed by atoms with E-state index in [0.29, 0.717) is 12.6 Å². The summed E-state index contributed by atoms with van der Waals surface area (Å²) < 4.78 is 0. The number of nitrogens with zero attached hydrogens (tertiary/aromatic N) is 1. The van der Waals surface area contributed by atoms with Crippen LogP contribution in [0.5, 0.6) is 0 Å². The number of nitrogens with one attached hydrogen (secondary N) is 2. The highest BCUT2D eigenvalue weighted by Gasteiger charge is 2.19. The molecule has 3 rings (SSSR count). The summed E-state index contributed by atoms with van der Waals surface area (Å²) in [7, 11) is 0. The molecule has 19 heavy (non-hydrogen) atoms. The van der Waals surface area contributed by atoms with Crippen LogP contribution in [0.2, 0.25) is 0 Å². The molecule has 0 spiro atoms. The van der Waals surface area contributed by atoms with E-state index in [1.54, 1.807) is 11.3 Å². The summed E-state index contributed by atoms with van der Waals surface area (Å²) in [6.45, 7) is 4.78. The van der Waals surface area contributed by atoms with E-state index in [0.717, 1.165) is 28.9 Å². The van der Waals surface area contributed by atoms with Gasteiger partial charge in [0.1, 0.15) is 10.7 Å². The van der Waals surface area contributed by atoms with Crippen LogP contribution in [-0.4, -0.2) is 16.0 Å². The monoisotopic (exact) mass is 277 g/mol. The Balaban J connectivity index is 2.04. The van der Waals surface area contributed by atoms with Gasteiger partial charge in [-0.3, -0.25) is 4.79 Å². The average Bonchev–Trinajstić information content (AvgIpc) is 2.74. The largest absolute Gasteiger partial charge is 0.309 e. The number of aromatic nitrogens is 2. The molecule has 0 fully saturated rings. The van der Waals surface area contributed by atoms with Gasteiger partial charge in [0.05, 0.1) is 11.9 Å². The standard InChI is InChI=1S/C14H19N3OS/c1-8(2)15-7-11-16-13(18)12-9-5-3-4-6-10(9)19-14(12)17-11/h8,15H,3-7H2,1-2H3,(H,16,17,18). The van der Waals surface area contributed by atoms with Crippen molar-refractivity contribution in [3.8, 4) is 0 Å². The van der Waals surface area contributed by atoms with Gasteiger partial charge in [-0.1, -0.05) is 13.8 Å². The van der Waals surface area contributed by atoms with Crippen LogP contribution >= 0.6 is 11.3 Å². The number of thiophene rings is 1. The molecule has 0 bridgehead atoms. The highest BCUT2D eigenvalue weighted by molar-refractivity contribution is 7.18. The van der Waals surface area contributed by atoms with Gasteiger partial charge in [-0.15, -0.1) is 11.3 Å². The van der Waals surface area contributed by atoms with Gasteiger partial charge < -0.3 is 10.3 Å². The highest BCUT2D eigenvalue weighted by Crippen LogP contribution is 2.33. The molecule has 0 radical (unpaired) electrons. The summed E-state index contributed by atoms with van der Waals surface area (Å²) in [6.07, 6.45) is 4.56. The van der Waals surface area contributed by atoms with E-state index in [-0.39, 0.29) is 5.56 Å². The van der Waals surface area contributed by atoms with Gasteiger partial charge in [-0.25, -0.2) is 4.98 Å². The van der Waals surface area contributed by atoms with Crippen LogP contribution in [-0.2, 0) is 19.4 Å². The van der Waals surface area contributed by atoms with Gasteiger partial charge in [0, 0.05) is 10.9 Å². The van der Waals surface area contributed by atoms with Gasteiger partial charge in [-0.05, 0) is 31.2 Å². The van der Waals surface area contributed by atoms with Gasteiger partial charge >= 0.3 is 0 Å². The van der Waals surface area contributed by atoms with E-state index in [1.807, 2.05) is 0 Å². The fraction of sp³-hybridized carbons (Fsp3) is 0.571. The maximum absolute atomic E-state index is 12.3. The number of aryl methyl sites for hydroxylation is 2. The number of rotatable bonds is 3. The van der Waals surface area contributed by atoms with E-state index < -0.39 is 0 Å². The van der Waals surface area contributed by atoms with Crippen LogP contribution in [0.15, 0.2) is 4.79 Å². The fourth-order valence-electron chi connectivity index (χ4n) is 2.59. The van der Waals surface area contributed by atoms with Crippen molar-refractivity contribution in [2.45, 2.75) is 52.1 Å². The minimum absolute atomic E-state index is 0.0324. The summed E-state index contributed by atoms with van der Waals surface area (Å²) >= 11 is 1.70. The van der Waals surface area contributed by atoms with Crippen LogP contribution < -0.4 is 10.9 Å². The molecule has 0 saturated heterocycles. The third kappa shape index (κ3) is 2.44. The Hall–Kier alpha value is -1.20. The number of hydrogen-bond donors (Lipinski definition) is 2. The predicted molar refractivity (Wildman–Crippen MR) is 78.9 cm³/mol. The molecule has 2 aromatic rings. The van der Waals surface area contributed by atoms with Gasteiger partial charge in [0.15, 0.2) is 0 Å². The lowest BCUT2D eigenvalue weighted by Crippen LogP contribution is -2.25. The van der Waals surface area contributed by atoms with Crippen molar-refractivity contribution in [1.82, 2.24) is 15.3 Å². The maximum Gasteiger partial charge on any atom is 0.259 e. The second-order valence-corrected chi connectivity index (χ2v) is 6.52. The molecule has 1 aliphatic rings. The molecule has 0 amide bonds. The second kappa shape index (κ2) is 5.06. The Labute approximate surface area is 116 Å². The molecule has 1 aliphatic carbocycles. The van der Waals surface area contributed by atoms with Gasteiger partial charge in [0.2, 0.25) is 0 Å². The van der Waals surface area contributed by atoms with Crippen LogP contribution in [0.1, 0.15) is 43.0 Å². The highest BCUT2D eigenvalue weighted by atomic mass is 32.1. The SMILES string of the molecule is CC(C)NCc1nc2sc3c(c2c(=O)[nH]1)CCCC3. The van der Waals surface area contributed by atoms with E-state index in [9.17, 15) is 4.79 Å². The summed E-state index contributed by atoms with van der Waals surface area (Å²) in [5, 5.41) is 4.13. The smallest absolute Gasteiger partial charge is 0.259 e. The molecule has 4 nitrogen and oxygen atoms in total. The Morgan fingerprint density at radius 3 is 2.95 bits per heavy atom. The van der Waals surface area contributed by atoms with Gasteiger partial charge in [0.25, 0.3) is 5.56 Å². The lowest BCUT2D eigenvalue weighted by molar-refractivity contribution is 0.573. The van der Waals surface area contributed by atoms with Crippen molar-refractivity contribution in [2.75, 3.05) is 0 Å². The molecule has 0 atom stereocenters. The molecule has 5 heteroatoms. The van der Waals surface area contributed by atoms with E-state index >= 15 is 0 Å². The third-order valence-electron chi connectivity index (χ3n) is 3.55. The Morgan fingerprint density at radius 1 is 1.37 bits per heavy atom. The first-order chi connectivity index (χ1) is 9.15. The number of H-pyrrole nitrogens is 1. The maximum atomic E-state index is 12.3. The Bertz CT molecular complexity index is 656. The number of aromatic amines is 1. The van der Waals surface area contributed by atoms with Crippen LogP contribution in [0.25, 0.3) is 10.2 Å². The topological polar surface area (TPSA) is 57.8 Å². The minimum atomic E-state index is 0.0324. The number of fused-ring (bicyclic) bond motifs is 3. The normalized spacial score (nSPS) is 15.1. The molecule has 0 unspecified atom stereocenters. The summed E-state index contributed by atoms with van der Waals surface area (Å²) in [4.78, 5) is 22.1. The summed E-state index contributed by atoms with van der Waals surface area (Å²) in [6, 6.07) is 0.387. The van der Waals surface area contributed by atoms with Crippen molar-refractivity contribution in [1.29, 1.82) is 0 Å². The van der Waals surface area contributed by atoms with Crippen molar-refractivity contribution in [2.24, 2.45) is 0 Å². The lowest BCUT2D eigenvalue weighted by Gasteiger charge is -2.09. The molecule has 2 aromatic heterocycles. The predicted octanol–water partition coefficient (Wildman–Crippen LogP) is 2.36. The summed E-state index contributed by atoms with van der Waals surface area (Å²) in [5.74, 6) is 0.741. The number of hydrogen-bond acceptors (Lipinski definition) is 4. The first-order valence-corrected chi connectivity index (χ1v) is 7.73. The zero-order chi connectivity index (χ0) is 13.4. The van der Waals surface area contributed by atoms with E-state index in [2.05, 4.69) is 29.1 Å². The van der Waals surface area contributed by atoms with Crippen molar-refractivity contribution in [3.63, 3.8) is 0 Å². The quantitative estimate of drug-likeness (QED) is 0.905. The third-order valence-corrected chi connectivity index (χ3v) is 4.74. The van der Waals surface area contributed by atoms with Crippen LogP contribution in [0, 0.1) is 0 Å². The lowest BCUT2D eigenvalue weighted by atomic mass is 9.97. The Morgan fingerprint density at radius 2 is 2.16 bits per heavy atom. The van der Waals surface area contributed by atoms with E-state index in [4.69, 9.17) is 0 Å². The van der Waals surface area contributed by atoms with Crippen molar-refractivity contribution < 1.29 is 0 Å². The van der Waals surface area contributed by atoms with Crippen LogP contribution in [0.3, 0.4) is 0 Å². The molecule has 0 saturated carbocycles. The zero-order valence-corrected chi connectivity index (χ0v) is 12.2. The first-order valence-electron chi connectivity index (χ1n) is 6.92. The zero-order valence-electron chi connectivity index (χ0n) is 11.4. The Kier molecular flexibility index (Phi) is 3.41. The fourth-order valence-corrected chi connectivity index (χ4v) is 3.87. The second-order valence-electron chi connectivity index (χ2n) is 5.44. The molecule has 0 aromatic carbocycles. The molecule has 2 heterocycles. The molecular formula is C14H19N3OS. The summed E-state index contributed by atoms with van der Waals surface area (Å²) in [5.41, 5.74) is 1.29. The molecule has 0 aliphatic heterocycles. The van der Waals surface area contributed by atoms with E-state index in [1.165, 1.54) is 23.3 Å².